The summed E-state index contributed by atoms with van der Waals surface area (Å²) in [5.41, 5.74) is 9.44. The molecule has 0 radical (unpaired) electrons. The van der Waals surface area contributed by atoms with E-state index >= 15 is 0 Å². The molecule has 0 unspecified atom stereocenters. The Balaban J connectivity index is 1.72. The molecule has 5 heteroatoms. The van der Waals surface area contributed by atoms with Gasteiger partial charge in [-0.1, -0.05) is 51.1 Å². The van der Waals surface area contributed by atoms with Crippen LogP contribution in [0.5, 0.6) is 0 Å². The van der Waals surface area contributed by atoms with Gasteiger partial charge >= 0.3 is 0 Å². The molecule has 0 atom stereocenters. The van der Waals surface area contributed by atoms with E-state index in [1.54, 1.807) is 35.7 Å². The van der Waals surface area contributed by atoms with Crippen molar-refractivity contribution in [3.8, 4) is 10.6 Å². The number of carbonyl (C=O) groups is 1. The average Bonchev–Trinajstić information content (AvgIpc) is 3.10. The van der Waals surface area contributed by atoms with E-state index in [4.69, 9.17) is 5.73 Å². The second-order valence-electron chi connectivity index (χ2n) is 7.31. The van der Waals surface area contributed by atoms with Gasteiger partial charge in [-0.05, 0) is 35.3 Å². The first kappa shape index (κ1) is 18.9. The summed E-state index contributed by atoms with van der Waals surface area (Å²) >= 11 is 1.55. The summed E-state index contributed by atoms with van der Waals surface area (Å²) in [4.78, 5) is 17.5. The Kier molecular flexibility index (Phi) is 5.42. The number of nitrogens with one attached hydrogen (secondary N) is 1. The molecule has 1 amide bonds. The highest BCUT2D eigenvalue weighted by Gasteiger charge is 2.14. The molecule has 0 spiro atoms. The summed E-state index contributed by atoms with van der Waals surface area (Å²) in [7, 11) is 0. The number of nitrogens with two attached hydrogens (primary N) is 1. The van der Waals surface area contributed by atoms with Crippen LogP contribution in [-0.2, 0) is 10.2 Å². The SMILES string of the molecule is CC(C)(C)c1cccc(-c2ncc(/C=C/C(=O)Nc3ccccc3N)s2)c1. The molecular weight excluding hydrogens is 354 g/mol. The number of para-hydroxylation sites is 2. The van der Waals surface area contributed by atoms with Gasteiger partial charge in [-0.2, -0.15) is 0 Å². The summed E-state index contributed by atoms with van der Waals surface area (Å²) in [5, 5.41) is 3.71. The standard InChI is InChI=1S/C22H23N3OS/c1-22(2,3)16-8-6-7-15(13-16)21-24-14-17(27-21)11-12-20(26)25-19-10-5-4-9-18(19)23/h4-14H,23H2,1-3H3,(H,25,26)/b12-11+. The molecule has 3 rings (SSSR count). The van der Waals surface area contributed by atoms with Crippen molar-refractivity contribution in [3.63, 3.8) is 0 Å². The Morgan fingerprint density at radius 2 is 1.93 bits per heavy atom. The quantitative estimate of drug-likeness (QED) is 0.476. The Morgan fingerprint density at radius 3 is 2.67 bits per heavy atom. The summed E-state index contributed by atoms with van der Waals surface area (Å²) < 4.78 is 0. The number of rotatable bonds is 4. The van der Waals surface area contributed by atoms with Gasteiger partial charge in [0.2, 0.25) is 5.91 Å². The minimum Gasteiger partial charge on any atom is -0.397 e. The van der Waals surface area contributed by atoms with Crippen LogP contribution < -0.4 is 11.1 Å². The van der Waals surface area contributed by atoms with Crippen LogP contribution in [0, 0.1) is 0 Å². The zero-order chi connectivity index (χ0) is 19.4. The van der Waals surface area contributed by atoms with Crippen molar-refractivity contribution >= 4 is 34.7 Å². The van der Waals surface area contributed by atoms with Crippen molar-refractivity contribution in [3.05, 3.63) is 71.2 Å². The highest BCUT2D eigenvalue weighted by molar-refractivity contribution is 7.15. The highest BCUT2D eigenvalue weighted by atomic mass is 32.1. The number of benzene rings is 2. The normalized spacial score (nSPS) is 11.7. The molecule has 0 fully saturated rings. The third-order valence-corrected chi connectivity index (χ3v) is 5.13. The number of aromatic nitrogens is 1. The number of anilines is 2. The summed E-state index contributed by atoms with van der Waals surface area (Å²) in [5.74, 6) is -0.224. The molecule has 0 aliphatic rings. The molecule has 0 bridgehead atoms. The highest BCUT2D eigenvalue weighted by Crippen LogP contribution is 2.30. The second kappa shape index (κ2) is 7.76. The number of hydrogen-bond acceptors (Lipinski definition) is 4. The fourth-order valence-electron chi connectivity index (χ4n) is 2.56. The topological polar surface area (TPSA) is 68.0 Å². The lowest BCUT2D eigenvalue weighted by Gasteiger charge is -2.19. The summed E-state index contributed by atoms with van der Waals surface area (Å²) in [6.45, 7) is 6.58. The lowest BCUT2D eigenvalue weighted by molar-refractivity contribution is -0.111. The van der Waals surface area contributed by atoms with Crippen LogP contribution in [0.1, 0.15) is 31.2 Å². The smallest absolute Gasteiger partial charge is 0.248 e. The molecule has 1 heterocycles. The lowest BCUT2D eigenvalue weighted by atomic mass is 9.86. The largest absolute Gasteiger partial charge is 0.397 e. The van der Waals surface area contributed by atoms with E-state index in [0.717, 1.165) is 15.4 Å². The zero-order valence-corrected chi connectivity index (χ0v) is 16.5. The van der Waals surface area contributed by atoms with Crippen LogP contribution in [0.15, 0.2) is 60.8 Å². The van der Waals surface area contributed by atoms with Gasteiger partial charge in [0.15, 0.2) is 0 Å². The summed E-state index contributed by atoms with van der Waals surface area (Å²) in [6, 6.07) is 15.6. The van der Waals surface area contributed by atoms with Crippen molar-refractivity contribution in [2.24, 2.45) is 0 Å². The predicted molar refractivity (Wildman–Crippen MR) is 115 cm³/mol. The fraction of sp³-hybridized carbons (Fsp3) is 0.182. The van der Waals surface area contributed by atoms with Crippen molar-refractivity contribution in [1.29, 1.82) is 0 Å². The Labute approximate surface area is 163 Å². The number of thiazole rings is 1. The molecule has 138 valence electrons. The molecular formula is C22H23N3OS. The first-order valence-corrected chi connectivity index (χ1v) is 9.55. The van der Waals surface area contributed by atoms with Crippen molar-refractivity contribution in [1.82, 2.24) is 4.98 Å². The molecule has 3 N–H and O–H groups in total. The molecule has 2 aromatic carbocycles. The maximum absolute atomic E-state index is 12.1. The fourth-order valence-corrected chi connectivity index (χ4v) is 3.37. The molecule has 0 saturated carbocycles. The van der Waals surface area contributed by atoms with Crippen LogP contribution in [0.25, 0.3) is 16.6 Å². The molecule has 0 saturated heterocycles. The number of hydrogen-bond donors (Lipinski definition) is 2. The van der Waals surface area contributed by atoms with Gasteiger partial charge in [-0.25, -0.2) is 4.98 Å². The average molecular weight is 378 g/mol. The third kappa shape index (κ3) is 4.83. The predicted octanol–water partition coefficient (Wildman–Crippen LogP) is 5.34. The van der Waals surface area contributed by atoms with Crippen LogP contribution in [0.2, 0.25) is 0 Å². The minimum atomic E-state index is -0.224. The number of carbonyl (C=O) groups excluding carboxylic acids is 1. The van der Waals surface area contributed by atoms with E-state index in [9.17, 15) is 4.79 Å². The van der Waals surface area contributed by atoms with Gasteiger partial charge in [0, 0.05) is 22.7 Å². The van der Waals surface area contributed by atoms with Gasteiger partial charge in [0.05, 0.1) is 11.4 Å². The molecule has 0 aliphatic carbocycles. The number of amides is 1. The van der Waals surface area contributed by atoms with Gasteiger partial charge in [-0.15, -0.1) is 11.3 Å². The number of nitrogens with zero attached hydrogens (tertiary/aromatic N) is 1. The Hall–Kier alpha value is -2.92. The molecule has 27 heavy (non-hydrogen) atoms. The van der Waals surface area contributed by atoms with Gasteiger partial charge in [-0.3, -0.25) is 4.79 Å². The van der Waals surface area contributed by atoms with Gasteiger partial charge in [0.1, 0.15) is 5.01 Å². The molecule has 1 aromatic heterocycles. The van der Waals surface area contributed by atoms with E-state index < -0.39 is 0 Å². The Morgan fingerprint density at radius 1 is 1.15 bits per heavy atom. The molecule has 3 aromatic rings. The van der Waals surface area contributed by atoms with Gasteiger partial charge < -0.3 is 11.1 Å². The van der Waals surface area contributed by atoms with E-state index in [1.165, 1.54) is 11.6 Å². The lowest BCUT2D eigenvalue weighted by Crippen LogP contribution is -2.10. The van der Waals surface area contributed by atoms with Crippen LogP contribution in [0.4, 0.5) is 11.4 Å². The van der Waals surface area contributed by atoms with Crippen molar-refractivity contribution < 1.29 is 4.79 Å². The van der Waals surface area contributed by atoms with E-state index in [1.807, 2.05) is 12.1 Å². The Bertz CT molecular complexity index is 983. The maximum atomic E-state index is 12.1. The van der Waals surface area contributed by atoms with E-state index in [-0.39, 0.29) is 11.3 Å². The third-order valence-electron chi connectivity index (χ3n) is 4.12. The monoisotopic (exact) mass is 377 g/mol. The van der Waals surface area contributed by atoms with E-state index in [2.05, 4.69) is 55.3 Å². The zero-order valence-electron chi connectivity index (χ0n) is 15.7. The van der Waals surface area contributed by atoms with Crippen molar-refractivity contribution in [2.75, 3.05) is 11.1 Å². The molecule has 0 aliphatic heterocycles. The van der Waals surface area contributed by atoms with Crippen LogP contribution in [0.3, 0.4) is 0 Å². The van der Waals surface area contributed by atoms with E-state index in [0.29, 0.717) is 11.4 Å². The molecule has 4 nitrogen and oxygen atoms in total. The first-order chi connectivity index (χ1) is 12.8. The van der Waals surface area contributed by atoms with Gasteiger partial charge in [0.25, 0.3) is 0 Å². The summed E-state index contributed by atoms with van der Waals surface area (Å²) in [6.07, 6.45) is 5.04. The second-order valence-corrected chi connectivity index (χ2v) is 8.37. The minimum absolute atomic E-state index is 0.0906. The maximum Gasteiger partial charge on any atom is 0.248 e. The van der Waals surface area contributed by atoms with Crippen LogP contribution >= 0.6 is 11.3 Å². The number of nitrogen functional groups attached to an aromatic ring is 1. The van der Waals surface area contributed by atoms with Crippen molar-refractivity contribution in [2.45, 2.75) is 26.2 Å². The first-order valence-electron chi connectivity index (χ1n) is 8.73. The van der Waals surface area contributed by atoms with Crippen LogP contribution in [-0.4, -0.2) is 10.9 Å².